The van der Waals surface area contributed by atoms with Gasteiger partial charge in [-0.25, -0.2) is 12.7 Å². The molecule has 1 heterocycles. The van der Waals surface area contributed by atoms with Crippen molar-refractivity contribution >= 4 is 15.9 Å². The van der Waals surface area contributed by atoms with Crippen LogP contribution in [0.25, 0.3) is 0 Å². The smallest absolute Gasteiger partial charge is 0.246 e. The second kappa shape index (κ2) is 7.78. The van der Waals surface area contributed by atoms with Gasteiger partial charge in [-0.3, -0.25) is 4.79 Å². The van der Waals surface area contributed by atoms with Gasteiger partial charge in [0.2, 0.25) is 15.9 Å². The Labute approximate surface area is 114 Å². The van der Waals surface area contributed by atoms with Crippen molar-refractivity contribution in [2.45, 2.75) is 18.9 Å². The molecule has 1 N–H and O–H groups in total. The molecule has 0 bridgehead atoms. The highest BCUT2D eigenvalue weighted by Crippen LogP contribution is 2.12. The predicted molar refractivity (Wildman–Crippen MR) is 70.3 cm³/mol. The quantitative estimate of drug-likeness (QED) is 0.621. The molecule has 0 radical (unpaired) electrons. The van der Waals surface area contributed by atoms with Gasteiger partial charge in [0.1, 0.15) is 6.61 Å². The molecule has 1 saturated heterocycles. The van der Waals surface area contributed by atoms with Crippen LogP contribution in [0.4, 0.5) is 0 Å². The van der Waals surface area contributed by atoms with E-state index < -0.39 is 10.0 Å². The van der Waals surface area contributed by atoms with Gasteiger partial charge in [-0.2, -0.15) is 0 Å². The fourth-order valence-electron chi connectivity index (χ4n) is 1.91. The Bertz CT molecular complexity index is 377. The standard InChI is InChI=1S/C11H22N2O5S/c1-17-7-8-18-9-11(14)12-10-3-5-13(6-4-10)19(2,15)16/h10H,3-9H2,1-2H3,(H,12,14). The molecule has 0 aliphatic carbocycles. The van der Waals surface area contributed by atoms with Crippen molar-refractivity contribution in [3.8, 4) is 0 Å². The summed E-state index contributed by atoms with van der Waals surface area (Å²) in [6.45, 7) is 1.76. The topological polar surface area (TPSA) is 84.9 Å². The van der Waals surface area contributed by atoms with Crippen LogP contribution in [0.5, 0.6) is 0 Å². The van der Waals surface area contributed by atoms with Gasteiger partial charge < -0.3 is 14.8 Å². The highest BCUT2D eigenvalue weighted by molar-refractivity contribution is 7.88. The summed E-state index contributed by atoms with van der Waals surface area (Å²) in [5.41, 5.74) is 0. The van der Waals surface area contributed by atoms with E-state index in [1.165, 1.54) is 10.6 Å². The Balaban J connectivity index is 2.20. The van der Waals surface area contributed by atoms with Crippen LogP contribution >= 0.6 is 0 Å². The summed E-state index contributed by atoms with van der Waals surface area (Å²) in [4.78, 5) is 11.5. The second-order valence-corrected chi connectivity index (χ2v) is 6.53. The van der Waals surface area contributed by atoms with E-state index >= 15 is 0 Å². The van der Waals surface area contributed by atoms with E-state index in [0.717, 1.165) is 0 Å². The maximum Gasteiger partial charge on any atom is 0.246 e. The molecule has 0 aromatic carbocycles. The largest absolute Gasteiger partial charge is 0.382 e. The van der Waals surface area contributed by atoms with Gasteiger partial charge in [-0.1, -0.05) is 0 Å². The number of hydrogen-bond donors (Lipinski definition) is 1. The van der Waals surface area contributed by atoms with Crippen molar-refractivity contribution < 1.29 is 22.7 Å². The van der Waals surface area contributed by atoms with Crippen molar-refractivity contribution in [1.29, 1.82) is 0 Å². The Morgan fingerprint density at radius 2 is 1.95 bits per heavy atom. The zero-order chi connectivity index (χ0) is 14.3. The summed E-state index contributed by atoms with van der Waals surface area (Å²) < 4.78 is 34.0. The number of amides is 1. The SMILES string of the molecule is COCCOCC(=O)NC1CCN(S(C)(=O)=O)CC1. The molecule has 1 amide bonds. The van der Waals surface area contributed by atoms with Crippen molar-refractivity contribution in [3.63, 3.8) is 0 Å². The van der Waals surface area contributed by atoms with Crippen molar-refractivity contribution in [3.05, 3.63) is 0 Å². The first-order valence-electron chi connectivity index (χ1n) is 6.24. The van der Waals surface area contributed by atoms with Crippen LogP contribution in [0.2, 0.25) is 0 Å². The Morgan fingerprint density at radius 3 is 2.47 bits per heavy atom. The van der Waals surface area contributed by atoms with Gasteiger partial charge in [0, 0.05) is 26.2 Å². The fourth-order valence-corrected chi connectivity index (χ4v) is 2.78. The first-order chi connectivity index (χ1) is 8.93. The molecule has 1 fully saturated rings. The maximum absolute atomic E-state index is 11.5. The Kier molecular flexibility index (Phi) is 6.70. The van der Waals surface area contributed by atoms with Gasteiger partial charge in [0.25, 0.3) is 0 Å². The van der Waals surface area contributed by atoms with E-state index in [9.17, 15) is 13.2 Å². The lowest BCUT2D eigenvalue weighted by atomic mass is 10.1. The van der Waals surface area contributed by atoms with Crippen LogP contribution in [-0.4, -0.2) is 70.9 Å². The van der Waals surface area contributed by atoms with Gasteiger partial charge >= 0.3 is 0 Å². The fraction of sp³-hybridized carbons (Fsp3) is 0.909. The molecule has 0 saturated carbocycles. The minimum absolute atomic E-state index is 0.00957. The van der Waals surface area contributed by atoms with E-state index in [1.807, 2.05) is 0 Å². The number of ether oxygens (including phenoxy) is 2. The molecule has 8 heteroatoms. The summed E-state index contributed by atoms with van der Waals surface area (Å²) in [7, 11) is -1.55. The van der Waals surface area contributed by atoms with Crippen LogP contribution in [0.3, 0.4) is 0 Å². The summed E-state index contributed by atoms with van der Waals surface area (Å²) in [6.07, 6.45) is 2.48. The molecule has 0 aromatic rings. The highest BCUT2D eigenvalue weighted by Gasteiger charge is 2.25. The predicted octanol–water partition coefficient (Wildman–Crippen LogP) is -0.810. The maximum atomic E-state index is 11.5. The van der Waals surface area contributed by atoms with Crippen LogP contribution in [-0.2, 0) is 24.3 Å². The Hall–Kier alpha value is -0.700. The van der Waals surface area contributed by atoms with Crippen LogP contribution in [0.1, 0.15) is 12.8 Å². The number of nitrogens with one attached hydrogen (secondary N) is 1. The molecule has 19 heavy (non-hydrogen) atoms. The molecule has 0 aromatic heterocycles. The van der Waals surface area contributed by atoms with Crippen molar-refractivity contribution in [2.75, 3.05) is 46.3 Å². The van der Waals surface area contributed by atoms with Crippen LogP contribution < -0.4 is 5.32 Å². The molecule has 112 valence electrons. The second-order valence-electron chi connectivity index (χ2n) is 4.55. The number of hydrogen-bond acceptors (Lipinski definition) is 5. The molecule has 1 aliphatic rings. The van der Waals surface area contributed by atoms with E-state index in [1.54, 1.807) is 7.11 Å². The van der Waals surface area contributed by atoms with Gasteiger partial charge in [0.15, 0.2) is 0 Å². The third-order valence-corrected chi connectivity index (χ3v) is 4.26. The molecular formula is C11H22N2O5S. The minimum Gasteiger partial charge on any atom is -0.382 e. The number of carbonyl (C=O) groups is 1. The summed E-state index contributed by atoms with van der Waals surface area (Å²) >= 11 is 0. The van der Waals surface area contributed by atoms with Gasteiger partial charge in [0.05, 0.1) is 19.5 Å². The third kappa shape index (κ3) is 6.33. The molecule has 0 spiro atoms. The first-order valence-corrected chi connectivity index (χ1v) is 8.09. The average Bonchev–Trinajstić information content (AvgIpc) is 2.34. The molecule has 0 unspecified atom stereocenters. The van der Waals surface area contributed by atoms with Gasteiger partial charge in [-0.15, -0.1) is 0 Å². The first kappa shape index (κ1) is 16.4. The molecule has 7 nitrogen and oxygen atoms in total. The van der Waals surface area contributed by atoms with E-state index in [2.05, 4.69) is 5.32 Å². The number of methoxy groups -OCH3 is 1. The lowest BCUT2D eigenvalue weighted by molar-refractivity contribution is -0.127. The third-order valence-electron chi connectivity index (χ3n) is 2.95. The van der Waals surface area contributed by atoms with E-state index in [4.69, 9.17) is 9.47 Å². The minimum atomic E-state index is -3.12. The molecular weight excluding hydrogens is 272 g/mol. The Morgan fingerprint density at radius 1 is 1.32 bits per heavy atom. The number of nitrogens with zero attached hydrogens (tertiary/aromatic N) is 1. The van der Waals surface area contributed by atoms with Crippen molar-refractivity contribution in [1.82, 2.24) is 9.62 Å². The lowest BCUT2D eigenvalue weighted by Crippen LogP contribution is -2.47. The number of sulfonamides is 1. The zero-order valence-electron chi connectivity index (χ0n) is 11.4. The normalized spacial score (nSPS) is 18.4. The van der Waals surface area contributed by atoms with E-state index in [-0.39, 0.29) is 18.6 Å². The number of rotatable bonds is 7. The zero-order valence-corrected chi connectivity index (χ0v) is 12.2. The van der Waals surface area contributed by atoms with Crippen molar-refractivity contribution in [2.24, 2.45) is 0 Å². The summed E-state index contributed by atoms with van der Waals surface area (Å²) in [5.74, 6) is -0.172. The van der Waals surface area contributed by atoms with Gasteiger partial charge in [-0.05, 0) is 12.8 Å². The molecule has 1 rings (SSSR count). The van der Waals surface area contributed by atoms with Crippen LogP contribution in [0, 0.1) is 0 Å². The summed E-state index contributed by atoms with van der Waals surface area (Å²) in [6, 6.07) is 0.0246. The summed E-state index contributed by atoms with van der Waals surface area (Å²) in [5, 5.41) is 2.84. The average molecular weight is 294 g/mol. The van der Waals surface area contributed by atoms with Crippen LogP contribution in [0.15, 0.2) is 0 Å². The number of carbonyl (C=O) groups excluding carboxylic acids is 1. The number of piperidine rings is 1. The lowest BCUT2D eigenvalue weighted by Gasteiger charge is -2.30. The van der Waals surface area contributed by atoms with E-state index in [0.29, 0.717) is 39.1 Å². The highest BCUT2D eigenvalue weighted by atomic mass is 32.2. The molecule has 1 aliphatic heterocycles. The molecule has 0 atom stereocenters. The monoisotopic (exact) mass is 294 g/mol.